The molecule has 8 heteroatoms. The van der Waals surface area contributed by atoms with Crippen LogP contribution in [-0.2, 0) is 20.7 Å². The van der Waals surface area contributed by atoms with Gasteiger partial charge in [0.2, 0.25) is 0 Å². The van der Waals surface area contributed by atoms with Gasteiger partial charge in [-0.15, -0.1) is 0 Å². The number of hydrogen-bond acceptors (Lipinski definition) is 7. The molecular formula is C24H32N4O4. The number of piperazine rings is 1. The smallest absolute Gasteiger partial charge is 0.385 e. The molecule has 1 aliphatic carbocycles. The van der Waals surface area contributed by atoms with Gasteiger partial charge in [0.1, 0.15) is 0 Å². The number of anilines is 1. The fraction of sp³-hybridized carbons (Fsp3) is 0.625. The molecule has 0 bridgehead atoms. The summed E-state index contributed by atoms with van der Waals surface area (Å²) in [6, 6.07) is 2.05. The summed E-state index contributed by atoms with van der Waals surface area (Å²) in [5, 5.41) is 0. The third-order valence-corrected chi connectivity index (χ3v) is 6.99. The lowest BCUT2D eigenvalue weighted by atomic mass is 9.77. The van der Waals surface area contributed by atoms with Crippen molar-refractivity contribution < 1.29 is 19.1 Å². The maximum absolute atomic E-state index is 12.0. The molecule has 8 nitrogen and oxygen atoms in total. The van der Waals surface area contributed by atoms with Crippen LogP contribution in [0.2, 0.25) is 0 Å². The molecule has 1 aromatic rings. The Hall–Kier alpha value is -2.79. The van der Waals surface area contributed by atoms with Gasteiger partial charge in [-0.05, 0) is 57.6 Å². The Kier molecular flexibility index (Phi) is 6.85. The van der Waals surface area contributed by atoms with E-state index in [1.54, 1.807) is 6.92 Å². The van der Waals surface area contributed by atoms with Gasteiger partial charge in [0, 0.05) is 50.3 Å². The molecule has 0 aromatic carbocycles. The molecule has 2 fully saturated rings. The average molecular weight is 441 g/mol. The van der Waals surface area contributed by atoms with Crippen LogP contribution in [0.5, 0.6) is 5.75 Å². The summed E-state index contributed by atoms with van der Waals surface area (Å²) < 4.78 is 11.2. The quantitative estimate of drug-likeness (QED) is 0.407. The topological polar surface area (TPSA) is 98.0 Å². The maximum Gasteiger partial charge on any atom is 0.385 e. The molecule has 32 heavy (non-hydrogen) atoms. The Balaban J connectivity index is 1.23. The number of fused-ring (bicyclic) bond motifs is 1. The molecule has 0 spiro atoms. The van der Waals surface area contributed by atoms with Crippen molar-refractivity contribution in [3.05, 3.63) is 17.8 Å². The van der Waals surface area contributed by atoms with Gasteiger partial charge in [-0.25, -0.2) is 9.78 Å². The zero-order valence-electron chi connectivity index (χ0n) is 18.8. The predicted octanol–water partition coefficient (Wildman–Crippen LogP) is 1.51. The van der Waals surface area contributed by atoms with Crippen molar-refractivity contribution >= 4 is 17.7 Å². The average Bonchev–Trinajstić information content (AvgIpc) is 3.28. The highest BCUT2D eigenvalue weighted by Gasteiger charge is 2.44. The van der Waals surface area contributed by atoms with Gasteiger partial charge >= 0.3 is 5.97 Å². The molecule has 3 aliphatic rings. The SMILES string of the molecule is CC#CC(=O)OC1(C(N)=O)CCC(CCN2CCN(c3nccc4c3OCC4)CC2)CC1. The van der Waals surface area contributed by atoms with Crippen LogP contribution in [0.4, 0.5) is 5.82 Å². The molecule has 1 aromatic heterocycles. The number of pyridine rings is 1. The normalized spacial score (nSPS) is 25.3. The van der Waals surface area contributed by atoms with E-state index in [1.165, 1.54) is 5.56 Å². The lowest BCUT2D eigenvalue weighted by Gasteiger charge is -2.38. The summed E-state index contributed by atoms with van der Waals surface area (Å²) in [7, 11) is 0. The van der Waals surface area contributed by atoms with E-state index < -0.39 is 17.5 Å². The molecular weight excluding hydrogens is 408 g/mol. The molecule has 2 aliphatic heterocycles. The van der Waals surface area contributed by atoms with E-state index in [0.717, 1.165) is 76.6 Å². The van der Waals surface area contributed by atoms with Gasteiger partial charge < -0.3 is 20.1 Å². The van der Waals surface area contributed by atoms with E-state index in [9.17, 15) is 9.59 Å². The number of aromatic nitrogens is 1. The predicted molar refractivity (Wildman–Crippen MR) is 120 cm³/mol. The minimum Gasteiger partial charge on any atom is -0.489 e. The Morgan fingerprint density at radius 2 is 2.03 bits per heavy atom. The molecule has 1 saturated carbocycles. The minimum atomic E-state index is -1.20. The van der Waals surface area contributed by atoms with Crippen LogP contribution in [0.25, 0.3) is 0 Å². The van der Waals surface area contributed by atoms with Gasteiger partial charge in [0.15, 0.2) is 17.2 Å². The van der Waals surface area contributed by atoms with Crippen molar-refractivity contribution in [1.29, 1.82) is 0 Å². The lowest BCUT2D eigenvalue weighted by molar-refractivity contribution is -0.166. The highest BCUT2D eigenvalue weighted by molar-refractivity contribution is 5.93. The third kappa shape index (κ3) is 4.83. The van der Waals surface area contributed by atoms with Gasteiger partial charge in [-0.3, -0.25) is 9.69 Å². The molecule has 172 valence electrons. The second-order valence-corrected chi connectivity index (χ2v) is 8.91. The first-order chi connectivity index (χ1) is 15.5. The van der Waals surface area contributed by atoms with Crippen molar-refractivity contribution in [1.82, 2.24) is 9.88 Å². The van der Waals surface area contributed by atoms with Crippen LogP contribution in [0.3, 0.4) is 0 Å². The van der Waals surface area contributed by atoms with Crippen LogP contribution < -0.4 is 15.4 Å². The Labute approximate surface area is 189 Å². The fourth-order valence-electron chi connectivity index (χ4n) is 5.00. The molecule has 1 saturated heterocycles. The number of nitrogens with two attached hydrogens (primary N) is 1. The van der Waals surface area contributed by atoms with Gasteiger partial charge in [0.05, 0.1) is 6.61 Å². The van der Waals surface area contributed by atoms with Crippen molar-refractivity contribution in [3.8, 4) is 17.6 Å². The first-order valence-corrected chi connectivity index (χ1v) is 11.5. The number of amides is 1. The highest BCUT2D eigenvalue weighted by atomic mass is 16.6. The van der Waals surface area contributed by atoms with E-state index in [0.29, 0.717) is 18.8 Å². The highest BCUT2D eigenvalue weighted by Crippen LogP contribution is 2.37. The van der Waals surface area contributed by atoms with Crippen LogP contribution in [0.15, 0.2) is 12.3 Å². The van der Waals surface area contributed by atoms with Gasteiger partial charge in [0.25, 0.3) is 5.91 Å². The van der Waals surface area contributed by atoms with E-state index >= 15 is 0 Å². The summed E-state index contributed by atoms with van der Waals surface area (Å²) >= 11 is 0. The number of carbonyl (C=O) groups is 2. The number of primary amides is 1. The molecule has 4 rings (SSSR count). The summed E-state index contributed by atoms with van der Waals surface area (Å²) in [5.41, 5.74) is 5.64. The van der Waals surface area contributed by atoms with E-state index in [-0.39, 0.29) is 0 Å². The van der Waals surface area contributed by atoms with E-state index in [4.69, 9.17) is 15.2 Å². The lowest BCUT2D eigenvalue weighted by Crippen LogP contribution is -2.50. The van der Waals surface area contributed by atoms with Crippen LogP contribution >= 0.6 is 0 Å². The largest absolute Gasteiger partial charge is 0.489 e. The van der Waals surface area contributed by atoms with Crippen LogP contribution in [0.1, 0.15) is 44.6 Å². The minimum absolute atomic E-state index is 0.475. The number of carbonyl (C=O) groups excluding carboxylic acids is 2. The van der Waals surface area contributed by atoms with Crippen molar-refractivity contribution in [2.24, 2.45) is 11.7 Å². The Bertz CT molecular complexity index is 906. The molecule has 0 atom stereocenters. The number of nitrogens with zero attached hydrogens (tertiary/aromatic N) is 3. The summed E-state index contributed by atoms with van der Waals surface area (Å²) in [6.45, 7) is 7.21. The molecule has 0 unspecified atom stereocenters. The summed E-state index contributed by atoms with van der Waals surface area (Å²) in [6.07, 6.45) is 6.52. The number of esters is 1. The number of rotatable bonds is 6. The second kappa shape index (κ2) is 9.78. The number of hydrogen-bond donors (Lipinski definition) is 1. The van der Waals surface area contributed by atoms with Crippen LogP contribution in [-0.4, -0.2) is 66.7 Å². The maximum atomic E-state index is 12.0. The van der Waals surface area contributed by atoms with E-state index in [2.05, 4.69) is 32.7 Å². The van der Waals surface area contributed by atoms with E-state index in [1.807, 2.05) is 6.20 Å². The third-order valence-electron chi connectivity index (χ3n) is 6.99. The second-order valence-electron chi connectivity index (χ2n) is 8.91. The monoisotopic (exact) mass is 440 g/mol. The summed E-state index contributed by atoms with van der Waals surface area (Å²) in [5.74, 6) is 6.06. The zero-order valence-corrected chi connectivity index (χ0v) is 18.8. The first-order valence-electron chi connectivity index (χ1n) is 11.5. The molecule has 2 N–H and O–H groups in total. The standard InChI is InChI=1S/C24H32N4O4/c1-2-3-20(29)32-24(23(25)30)9-4-18(5-10-24)7-12-27-13-15-28(16-14-27)22-21-19(6-11-26-22)8-17-31-21/h6,11,18H,4-5,7-10,12-17H2,1H3,(H2,25,30). The summed E-state index contributed by atoms with van der Waals surface area (Å²) in [4.78, 5) is 33.2. The van der Waals surface area contributed by atoms with Gasteiger partial charge in [-0.2, -0.15) is 0 Å². The molecule has 0 radical (unpaired) electrons. The zero-order chi connectivity index (χ0) is 22.6. The van der Waals surface area contributed by atoms with Crippen molar-refractivity contribution in [2.75, 3.05) is 44.2 Å². The van der Waals surface area contributed by atoms with Crippen molar-refractivity contribution in [3.63, 3.8) is 0 Å². The fourth-order valence-corrected chi connectivity index (χ4v) is 5.00. The van der Waals surface area contributed by atoms with Crippen LogP contribution in [0, 0.1) is 17.8 Å². The molecule has 1 amide bonds. The Morgan fingerprint density at radius 1 is 1.28 bits per heavy atom. The van der Waals surface area contributed by atoms with Gasteiger partial charge in [-0.1, -0.05) is 5.92 Å². The Morgan fingerprint density at radius 3 is 2.72 bits per heavy atom. The first kappa shape index (κ1) is 22.4. The van der Waals surface area contributed by atoms with Crippen molar-refractivity contribution in [2.45, 2.75) is 51.0 Å². The number of ether oxygens (including phenoxy) is 2. The molecule has 3 heterocycles.